The summed E-state index contributed by atoms with van der Waals surface area (Å²) in [5.74, 6) is 1.02. The summed E-state index contributed by atoms with van der Waals surface area (Å²) in [7, 11) is 0. The molecule has 0 radical (unpaired) electrons. The summed E-state index contributed by atoms with van der Waals surface area (Å²) >= 11 is 3.41. The van der Waals surface area contributed by atoms with E-state index in [0.29, 0.717) is 13.1 Å². The lowest BCUT2D eigenvalue weighted by molar-refractivity contribution is -0.109. The molecule has 0 spiro atoms. The molecule has 19 heavy (non-hydrogen) atoms. The highest BCUT2D eigenvalue weighted by Gasteiger charge is 2.10. The number of aryl methyl sites for hydroxylation is 1. The summed E-state index contributed by atoms with van der Waals surface area (Å²) in [6.07, 6.45) is 2.43. The first-order chi connectivity index (χ1) is 9.22. The van der Waals surface area contributed by atoms with Gasteiger partial charge in [0.15, 0.2) is 0 Å². The van der Waals surface area contributed by atoms with Gasteiger partial charge in [-0.25, -0.2) is 4.98 Å². The maximum atomic E-state index is 10.2. The van der Waals surface area contributed by atoms with Crippen molar-refractivity contribution in [3.8, 4) is 0 Å². The van der Waals surface area contributed by atoms with Crippen molar-refractivity contribution in [2.45, 2.75) is 19.4 Å². The van der Waals surface area contributed by atoms with Crippen molar-refractivity contribution in [3.63, 3.8) is 0 Å². The van der Waals surface area contributed by atoms with E-state index in [1.54, 1.807) is 0 Å². The van der Waals surface area contributed by atoms with Gasteiger partial charge in [0, 0.05) is 17.4 Å². The number of nitrogens with zero attached hydrogens (tertiary/aromatic N) is 2. The number of carbonyl (C=O) groups excluding carboxylic acids is 1. The Hall–Kier alpha value is -1.62. The van der Waals surface area contributed by atoms with E-state index in [1.807, 2.05) is 18.2 Å². The fourth-order valence-corrected chi connectivity index (χ4v) is 2.32. The molecule has 0 aliphatic carbocycles. The molecule has 1 amide bonds. The Balaban J connectivity index is 2.24. The Morgan fingerprint density at radius 3 is 3.00 bits per heavy atom. The van der Waals surface area contributed by atoms with Gasteiger partial charge in [0.05, 0.1) is 17.6 Å². The molecule has 0 saturated heterocycles. The van der Waals surface area contributed by atoms with Gasteiger partial charge in [-0.15, -0.1) is 0 Å². The molecule has 0 unspecified atom stereocenters. The number of hydrogen-bond acceptors (Lipinski definition) is 2. The molecular formula is C14H16BrN3O. The maximum absolute atomic E-state index is 10.2. The van der Waals surface area contributed by atoms with Crippen LogP contribution in [0.2, 0.25) is 0 Å². The van der Waals surface area contributed by atoms with Crippen LogP contribution in [-0.2, 0) is 17.8 Å². The molecular weight excluding hydrogens is 306 g/mol. The number of benzene rings is 1. The molecule has 1 aromatic carbocycles. The van der Waals surface area contributed by atoms with Crippen molar-refractivity contribution < 1.29 is 4.79 Å². The molecule has 0 bridgehead atoms. The number of para-hydroxylation sites is 2. The average molecular weight is 322 g/mol. The minimum Gasteiger partial charge on any atom is -0.359 e. The molecule has 1 heterocycles. The molecule has 0 fully saturated rings. The number of carbonyl (C=O) groups is 1. The van der Waals surface area contributed by atoms with Crippen molar-refractivity contribution in [3.05, 3.63) is 41.2 Å². The van der Waals surface area contributed by atoms with E-state index in [2.05, 4.69) is 43.4 Å². The molecule has 0 aliphatic heterocycles. The van der Waals surface area contributed by atoms with E-state index in [0.717, 1.165) is 40.6 Å². The van der Waals surface area contributed by atoms with Crippen molar-refractivity contribution in [1.29, 1.82) is 0 Å². The minimum absolute atomic E-state index is 0.669. The van der Waals surface area contributed by atoms with E-state index >= 15 is 0 Å². The van der Waals surface area contributed by atoms with Crippen LogP contribution in [0.5, 0.6) is 0 Å². The molecule has 4 nitrogen and oxygen atoms in total. The van der Waals surface area contributed by atoms with Crippen LogP contribution in [0.1, 0.15) is 12.2 Å². The van der Waals surface area contributed by atoms with Crippen molar-refractivity contribution in [2.24, 2.45) is 0 Å². The van der Waals surface area contributed by atoms with Crippen LogP contribution in [0.4, 0.5) is 0 Å². The Morgan fingerprint density at radius 1 is 1.47 bits per heavy atom. The number of nitrogens with one attached hydrogen (secondary N) is 1. The number of halogens is 1. The van der Waals surface area contributed by atoms with Crippen molar-refractivity contribution in [2.75, 3.05) is 6.54 Å². The number of fused-ring (bicyclic) bond motifs is 1. The third kappa shape index (κ3) is 3.44. The lowest BCUT2D eigenvalue weighted by Crippen LogP contribution is -2.14. The van der Waals surface area contributed by atoms with Gasteiger partial charge in [-0.1, -0.05) is 34.6 Å². The molecule has 1 aromatic heterocycles. The second-order valence-corrected chi connectivity index (χ2v) is 5.42. The molecule has 5 heteroatoms. The van der Waals surface area contributed by atoms with E-state index in [1.165, 1.54) is 0 Å². The third-order valence-electron chi connectivity index (χ3n) is 2.87. The molecule has 2 aromatic rings. The lowest BCUT2D eigenvalue weighted by Gasteiger charge is -2.08. The highest BCUT2D eigenvalue weighted by Crippen LogP contribution is 2.19. The zero-order valence-electron chi connectivity index (χ0n) is 10.6. The number of hydrogen-bond donors (Lipinski definition) is 1. The largest absolute Gasteiger partial charge is 0.359 e. The standard InChI is InChI=1S/C14H16BrN3O/c1-11(15)9-18-13-6-3-2-5-12(13)17-14(18)7-4-8-16-10-19/h2-3,5-6,10H,1,4,7-9H2,(H,16,19). The third-order valence-corrected chi connectivity index (χ3v) is 3.12. The van der Waals surface area contributed by atoms with Crippen molar-refractivity contribution >= 4 is 33.4 Å². The molecule has 0 aliphatic rings. The van der Waals surface area contributed by atoms with E-state index < -0.39 is 0 Å². The predicted molar refractivity (Wildman–Crippen MR) is 80.2 cm³/mol. The Labute approximate surface area is 120 Å². The quantitative estimate of drug-likeness (QED) is 0.629. The molecule has 100 valence electrons. The first kappa shape index (κ1) is 13.8. The zero-order valence-corrected chi connectivity index (χ0v) is 12.2. The number of amides is 1. The van der Waals surface area contributed by atoms with Gasteiger partial charge in [0.1, 0.15) is 5.82 Å². The first-order valence-electron chi connectivity index (χ1n) is 6.17. The number of aromatic nitrogens is 2. The van der Waals surface area contributed by atoms with Gasteiger partial charge in [-0.2, -0.15) is 0 Å². The predicted octanol–water partition coefficient (Wildman–Crippen LogP) is 2.62. The van der Waals surface area contributed by atoms with E-state index in [-0.39, 0.29) is 0 Å². The fraction of sp³-hybridized carbons (Fsp3) is 0.286. The fourth-order valence-electron chi connectivity index (χ4n) is 2.07. The van der Waals surface area contributed by atoms with Crippen LogP contribution in [0, 0.1) is 0 Å². The monoisotopic (exact) mass is 321 g/mol. The van der Waals surface area contributed by atoms with Crippen molar-refractivity contribution in [1.82, 2.24) is 14.9 Å². The van der Waals surface area contributed by atoms with Crippen LogP contribution in [-0.4, -0.2) is 22.5 Å². The molecule has 2 rings (SSSR count). The first-order valence-corrected chi connectivity index (χ1v) is 6.96. The summed E-state index contributed by atoms with van der Waals surface area (Å²) < 4.78 is 3.08. The van der Waals surface area contributed by atoms with E-state index in [9.17, 15) is 4.79 Å². The number of imidazole rings is 1. The van der Waals surface area contributed by atoms with Gasteiger partial charge in [0.2, 0.25) is 6.41 Å². The highest BCUT2D eigenvalue weighted by atomic mass is 79.9. The van der Waals surface area contributed by atoms with Crippen LogP contribution in [0.3, 0.4) is 0 Å². The zero-order chi connectivity index (χ0) is 13.7. The number of allylic oxidation sites excluding steroid dienone is 1. The summed E-state index contributed by atoms with van der Waals surface area (Å²) in [6.45, 7) is 5.27. The van der Waals surface area contributed by atoms with Crippen LogP contribution < -0.4 is 5.32 Å². The van der Waals surface area contributed by atoms with Gasteiger partial charge < -0.3 is 9.88 Å². The van der Waals surface area contributed by atoms with Crippen LogP contribution >= 0.6 is 15.9 Å². The molecule has 0 saturated carbocycles. The summed E-state index contributed by atoms with van der Waals surface area (Å²) in [5, 5.41) is 2.67. The molecule has 1 N–H and O–H groups in total. The Morgan fingerprint density at radius 2 is 2.26 bits per heavy atom. The van der Waals surface area contributed by atoms with Crippen LogP contribution in [0.25, 0.3) is 11.0 Å². The van der Waals surface area contributed by atoms with Gasteiger partial charge in [0.25, 0.3) is 0 Å². The van der Waals surface area contributed by atoms with Gasteiger partial charge >= 0.3 is 0 Å². The second-order valence-electron chi connectivity index (χ2n) is 4.30. The highest BCUT2D eigenvalue weighted by molar-refractivity contribution is 9.11. The average Bonchev–Trinajstić information content (AvgIpc) is 2.73. The summed E-state index contributed by atoms with van der Waals surface area (Å²) in [4.78, 5) is 14.9. The maximum Gasteiger partial charge on any atom is 0.207 e. The smallest absolute Gasteiger partial charge is 0.207 e. The van der Waals surface area contributed by atoms with Crippen LogP contribution in [0.15, 0.2) is 35.3 Å². The summed E-state index contributed by atoms with van der Waals surface area (Å²) in [5.41, 5.74) is 2.11. The Kier molecular flexibility index (Phi) is 4.74. The molecule has 0 atom stereocenters. The van der Waals surface area contributed by atoms with Gasteiger partial charge in [-0.05, 0) is 18.6 Å². The summed E-state index contributed by atoms with van der Waals surface area (Å²) in [6, 6.07) is 8.07. The normalized spacial score (nSPS) is 10.6. The minimum atomic E-state index is 0.669. The second kappa shape index (κ2) is 6.52. The number of rotatable bonds is 7. The van der Waals surface area contributed by atoms with Gasteiger partial charge in [-0.3, -0.25) is 4.79 Å². The SMILES string of the molecule is C=C(Br)Cn1c(CCCNC=O)nc2ccccc21. The van der Waals surface area contributed by atoms with E-state index in [4.69, 9.17) is 0 Å². The topological polar surface area (TPSA) is 46.9 Å². The lowest BCUT2D eigenvalue weighted by atomic mass is 10.3. The Bertz CT molecular complexity index is 591.